The maximum atomic E-state index is 13.4. The lowest BCUT2D eigenvalue weighted by Gasteiger charge is -2.10. The molecule has 0 spiro atoms. The highest BCUT2D eigenvalue weighted by molar-refractivity contribution is 6.11. The van der Waals surface area contributed by atoms with E-state index in [0.29, 0.717) is 28.8 Å². The lowest BCUT2D eigenvalue weighted by molar-refractivity contribution is 0.0955. The van der Waals surface area contributed by atoms with E-state index in [1.807, 2.05) is 78.9 Å². The largest absolute Gasteiger partial charge is 0.497 e. The summed E-state index contributed by atoms with van der Waals surface area (Å²) in [5.41, 5.74) is 5.49. The van der Waals surface area contributed by atoms with Gasteiger partial charge in [0.25, 0.3) is 5.91 Å². The SMILES string of the molecule is COc1ccc(-c2cc(C(=O)NCCc3ccccc3)c3c(-c4ccccc4)[nH]nc3n2)cc1. The zero-order valence-electron chi connectivity index (χ0n) is 18.8. The van der Waals surface area contributed by atoms with Crippen LogP contribution >= 0.6 is 0 Å². The minimum absolute atomic E-state index is 0.156. The zero-order valence-corrected chi connectivity index (χ0v) is 18.8. The van der Waals surface area contributed by atoms with E-state index in [2.05, 4.69) is 27.6 Å². The number of methoxy groups -OCH3 is 1. The third-order valence-corrected chi connectivity index (χ3v) is 5.76. The van der Waals surface area contributed by atoms with Crippen molar-refractivity contribution < 1.29 is 9.53 Å². The van der Waals surface area contributed by atoms with Gasteiger partial charge < -0.3 is 10.1 Å². The summed E-state index contributed by atoms with van der Waals surface area (Å²) >= 11 is 0. The average Bonchev–Trinajstić information content (AvgIpc) is 3.33. The number of benzene rings is 3. The molecule has 1 amide bonds. The van der Waals surface area contributed by atoms with Crippen molar-refractivity contribution >= 4 is 16.9 Å². The van der Waals surface area contributed by atoms with Crippen molar-refractivity contribution in [3.8, 4) is 28.3 Å². The number of hydrogen-bond donors (Lipinski definition) is 2. The van der Waals surface area contributed by atoms with Crippen LogP contribution in [-0.2, 0) is 6.42 Å². The molecular formula is C28H24N4O2. The predicted octanol–water partition coefficient (Wildman–Crippen LogP) is 5.27. The maximum absolute atomic E-state index is 13.4. The minimum Gasteiger partial charge on any atom is -0.497 e. The Balaban J connectivity index is 1.54. The number of pyridine rings is 1. The first-order valence-electron chi connectivity index (χ1n) is 11.1. The molecule has 0 fully saturated rings. The highest BCUT2D eigenvalue weighted by Crippen LogP contribution is 2.31. The van der Waals surface area contributed by atoms with Crippen LogP contribution in [0.1, 0.15) is 15.9 Å². The quantitative estimate of drug-likeness (QED) is 0.355. The van der Waals surface area contributed by atoms with Crippen molar-refractivity contribution in [1.82, 2.24) is 20.5 Å². The first kappa shape index (κ1) is 21.4. The summed E-state index contributed by atoms with van der Waals surface area (Å²) in [6.07, 6.45) is 0.753. The van der Waals surface area contributed by atoms with Gasteiger partial charge in [0.05, 0.1) is 29.4 Å². The number of ether oxygens (including phenoxy) is 1. The summed E-state index contributed by atoms with van der Waals surface area (Å²) in [4.78, 5) is 18.2. The van der Waals surface area contributed by atoms with Crippen LogP contribution in [0.4, 0.5) is 0 Å². The molecule has 5 aromatic rings. The number of H-pyrrole nitrogens is 1. The van der Waals surface area contributed by atoms with Crippen LogP contribution in [0.3, 0.4) is 0 Å². The molecule has 0 radical (unpaired) electrons. The highest BCUT2D eigenvalue weighted by Gasteiger charge is 2.20. The number of aromatic amines is 1. The molecule has 0 bridgehead atoms. The van der Waals surface area contributed by atoms with Gasteiger partial charge >= 0.3 is 0 Å². The van der Waals surface area contributed by atoms with E-state index in [-0.39, 0.29) is 5.91 Å². The topological polar surface area (TPSA) is 79.9 Å². The van der Waals surface area contributed by atoms with Crippen molar-refractivity contribution in [3.63, 3.8) is 0 Å². The van der Waals surface area contributed by atoms with Gasteiger partial charge in [-0.2, -0.15) is 5.10 Å². The molecule has 6 heteroatoms. The molecule has 0 unspecified atom stereocenters. The van der Waals surface area contributed by atoms with E-state index in [9.17, 15) is 4.79 Å². The number of carbonyl (C=O) groups excluding carboxylic acids is 1. The first-order valence-corrected chi connectivity index (χ1v) is 11.1. The van der Waals surface area contributed by atoms with Gasteiger partial charge in [0.2, 0.25) is 0 Å². The molecule has 6 nitrogen and oxygen atoms in total. The molecule has 34 heavy (non-hydrogen) atoms. The van der Waals surface area contributed by atoms with E-state index in [1.54, 1.807) is 7.11 Å². The Morgan fingerprint density at radius 3 is 2.32 bits per heavy atom. The number of amides is 1. The molecule has 5 rings (SSSR count). The van der Waals surface area contributed by atoms with Crippen LogP contribution < -0.4 is 10.1 Å². The highest BCUT2D eigenvalue weighted by atomic mass is 16.5. The third kappa shape index (κ3) is 4.38. The fraction of sp³-hybridized carbons (Fsp3) is 0.107. The van der Waals surface area contributed by atoms with Gasteiger partial charge in [-0.25, -0.2) is 4.98 Å². The number of rotatable bonds is 7. The summed E-state index contributed by atoms with van der Waals surface area (Å²) in [6.45, 7) is 0.531. The zero-order chi connectivity index (χ0) is 23.3. The van der Waals surface area contributed by atoms with Crippen LogP contribution in [0.25, 0.3) is 33.5 Å². The Bertz CT molecular complexity index is 1410. The van der Waals surface area contributed by atoms with Crippen LogP contribution in [-0.4, -0.2) is 34.7 Å². The monoisotopic (exact) mass is 448 g/mol. The number of nitrogens with zero attached hydrogens (tertiary/aromatic N) is 2. The van der Waals surface area contributed by atoms with Crippen LogP contribution in [0, 0.1) is 0 Å². The standard InChI is InChI=1S/C28H24N4O2/c1-34-22-14-12-20(13-15-22)24-18-23(28(33)29-17-16-19-8-4-2-5-9-19)25-26(31-32-27(25)30-24)21-10-6-3-7-11-21/h2-15,18H,16-17H2,1H3,(H,29,33)(H,30,31,32). The van der Waals surface area contributed by atoms with E-state index in [4.69, 9.17) is 9.72 Å². The first-order chi connectivity index (χ1) is 16.7. The Kier molecular flexibility index (Phi) is 6.03. The van der Waals surface area contributed by atoms with E-state index in [0.717, 1.165) is 29.0 Å². The Morgan fingerprint density at radius 2 is 1.62 bits per heavy atom. The van der Waals surface area contributed by atoms with Crippen LogP contribution in [0.2, 0.25) is 0 Å². The Labute approximate surface area is 197 Å². The lowest BCUT2D eigenvalue weighted by Crippen LogP contribution is -2.26. The minimum atomic E-state index is -0.156. The third-order valence-electron chi connectivity index (χ3n) is 5.76. The number of nitrogens with one attached hydrogen (secondary N) is 2. The molecule has 0 aliphatic rings. The molecule has 0 saturated carbocycles. The van der Waals surface area contributed by atoms with Crippen molar-refractivity contribution in [3.05, 3.63) is 102 Å². The molecule has 168 valence electrons. The fourth-order valence-corrected chi connectivity index (χ4v) is 3.99. The van der Waals surface area contributed by atoms with Crippen LogP contribution in [0.15, 0.2) is 91.0 Å². The van der Waals surface area contributed by atoms with Crippen molar-refractivity contribution in [2.75, 3.05) is 13.7 Å². The van der Waals surface area contributed by atoms with Gasteiger partial charge in [-0.15, -0.1) is 0 Å². The van der Waals surface area contributed by atoms with Gasteiger partial charge in [0, 0.05) is 17.7 Å². The number of carbonyl (C=O) groups is 1. The molecule has 0 saturated heterocycles. The van der Waals surface area contributed by atoms with Crippen LogP contribution in [0.5, 0.6) is 5.75 Å². The second kappa shape index (κ2) is 9.58. The molecule has 2 heterocycles. The van der Waals surface area contributed by atoms with E-state index in [1.165, 1.54) is 5.56 Å². The second-order valence-electron chi connectivity index (χ2n) is 7.94. The summed E-state index contributed by atoms with van der Waals surface area (Å²) in [7, 11) is 1.63. The molecule has 2 N–H and O–H groups in total. The molecule has 0 aliphatic carbocycles. The summed E-state index contributed by atoms with van der Waals surface area (Å²) in [5, 5.41) is 11.3. The molecule has 2 aromatic heterocycles. The number of fused-ring (bicyclic) bond motifs is 1. The summed E-state index contributed by atoms with van der Waals surface area (Å²) < 4.78 is 5.27. The van der Waals surface area contributed by atoms with Gasteiger partial charge in [0.1, 0.15) is 5.75 Å². The molecule has 0 aliphatic heterocycles. The smallest absolute Gasteiger partial charge is 0.252 e. The van der Waals surface area contributed by atoms with Gasteiger partial charge in [-0.3, -0.25) is 9.89 Å². The normalized spacial score (nSPS) is 10.9. The van der Waals surface area contributed by atoms with E-state index >= 15 is 0 Å². The molecule has 0 atom stereocenters. The number of hydrogen-bond acceptors (Lipinski definition) is 4. The Hall–Kier alpha value is -4.45. The second-order valence-corrected chi connectivity index (χ2v) is 7.94. The van der Waals surface area contributed by atoms with Gasteiger partial charge in [-0.1, -0.05) is 60.7 Å². The van der Waals surface area contributed by atoms with Gasteiger partial charge in [0.15, 0.2) is 5.65 Å². The molecular weight excluding hydrogens is 424 g/mol. The van der Waals surface area contributed by atoms with Gasteiger partial charge in [-0.05, 0) is 42.3 Å². The lowest BCUT2D eigenvalue weighted by atomic mass is 10.0. The number of aromatic nitrogens is 3. The average molecular weight is 449 g/mol. The summed E-state index contributed by atoms with van der Waals surface area (Å²) in [5.74, 6) is 0.603. The maximum Gasteiger partial charge on any atom is 0.252 e. The van der Waals surface area contributed by atoms with Crippen molar-refractivity contribution in [2.24, 2.45) is 0 Å². The van der Waals surface area contributed by atoms with Crippen molar-refractivity contribution in [1.29, 1.82) is 0 Å². The summed E-state index contributed by atoms with van der Waals surface area (Å²) in [6, 6.07) is 29.4. The molecule has 3 aromatic carbocycles. The van der Waals surface area contributed by atoms with E-state index < -0.39 is 0 Å². The fourth-order valence-electron chi connectivity index (χ4n) is 3.99. The predicted molar refractivity (Wildman–Crippen MR) is 134 cm³/mol. The van der Waals surface area contributed by atoms with Crippen molar-refractivity contribution in [2.45, 2.75) is 6.42 Å². The Morgan fingerprint density at radius 1 is 0.912 bits per heavy atom.